The molecule has 2 aromatic heterocycles. The van der Waals surface area contributed by atoms with Gasteiger partial charge < -0.3 is 15.5 Å². The van der Waals surface area contributed by atoms with E-state index >= 15 is 0 Å². The molecular weight excluding hydrogens is 292 g/mol. The molecule has 23 heavy (non-hydrogen) atoms. The van der Waals surface area contributed by atoms with E-state index in [0.717, 1.165) is 11.4 Å². The topological polar surface area (TPSA) is 83.0 Å². The summed E-state index contributed by atoms with van der Waals surface area (Å²) in [4.78, 5) is 26.7. The monoisotopic (exact) mass is 314 g/mol. The Bertz CT molecular complexity index is 686. The molecule has 2 aromatic rings. The first-order chi connectivity index (χ1) is 11.0. The molecule has 0 atom stereocenters. The molecule has 2 N–H and O–H groups in total. The van der Waals surface area contributed by atoms with E-state index in [1.165, 1.54) is 0 Å². The highest BCUT2D eigenvalue weighted by Crippen LogP contribution is 2.09. The second kappa shape index (κ2) is 7.53. The average molecular weight is 314 g/mol. The van der Waals surface area contributed by atoms with Gasteiger partial charge in [-0.15, -0.1) is 0 Å². The predicted octanol–water partition coefficient (Wildman–Crippen LogP) is 1.40. The minimum Gasteiger partial charge on any atom is -0.368 e. The van der Waals surface area contributed by atoms with E-state index in [0.29, 0.717) is 30.3 Å². The third-order valence-electron chi connectivity index (χ3n) is 3.24. The van der Waals surface area contributed by atoms with Crippen molar-refractivity contribution >= 4 is 17.7 Å². The van der Waals surface area contributed by atoms with Gasteiger partial charge >= 0.3 is 0 Å². The molecule has 0 bridgehead atoms. The first-order valence-electron chi connectivity index (χ1n) is 7.43. The summed E-state index contributed by atoms with van der Waals surface area (Å²) in [5.74, 6) is 1.21. The molecule has 0 fully saturated rings. The van der Waals surface area contributed by atoms with Gasteiger partial charge in [-0.2, -0.15) is 0 Å². The Labute approximate surface area is 136 Å². The van der Waals surface area contributed by atoms with Gasteiger partial charge in [0.05, 0.1) is 11.3 Å². The minimum atomic E-state index is -0.174. The number of hydrogen-bond donors (Lipinski definition) is 2. The van der Waals surface area contributed by atoms with Gasteiger partial charge in [0.15, 0.2) is 0 Å². The van der Waals surface area contributed by atoms with E-state index in [1.54, 1.807) is 24.2 Å². The van der Waals surface area contributed by atoms with Crippen molar-refractivity contribution in [1.82, 2.24) is 20.3 Å². The van der Waals surface area contributed by atoms with Crippen LogP contribution in [0.3, 0.4) is 0 Å². The zero-order chi connectivity index (χ0) is 16.8. The number of nitrogens with one attached hydrogen (secondary N) is 2. The third kappa shape index (κ3) is 4.64. The lowest BCUT2D eigenvalue weighted by atomic mass is 10.2. The van der Waals surface area contributed by atoms with E-state index in [9.17, 15) is 4.79 Å². The first kappa shape index (κ1) is 16.7. The fraction of sp³-hybridized carbons (Fsp3) is 0.375. The van der Waals surface area contributed by atoms with Crippen LogP contribution in [0.25, 0.3) is 0 Å². The van der Waals surface area contributed by atoms with Crippen LogP contribution in [0.4, 0.5) is 11.8 Å². The van der Waals surface area contributed by atoms with E-state index in [-0.39, 0.29) is 5.91 Å². The number of hydrogen-bond acceptors (Lipinski definition) is 6. The van der Waals surface area contributed by atoms with Crippen molar-refractivity contribution in [2.75, 3.05) is 37.4 Å². The molecule has 0 aliphatic rings. The SMILES string of the molecule is Cc1ccnc(NCCNC(=O)c2cnc(N(C)C)nc2C)c1. The molecule has 0 spiro atoms. The molecule has 0 aliphatic carbocycles. The highest BCUT2D eigenvalue weighted by atomic mass is 16.1. The molecule has 1 amide bonds. The van der Waals surface area contributed by atoms with Crippen LogP contribution in [-0.2, 0) is 0 Å². The van der Waals surface area contributed by atoms with Gasteiger partial charge in [-0.05, 0) is 31.5 Å². The number of nitrogens with zero attached hydrogens (tertiary/aromatic N) is 4. The van der Waals surface area contributed by atoms with Gasteiger partial charge in [-0.1, -0.05) is 0 Å². The summed E-state index contributed by atoms with van der Waals surface area (Å²) in [5.41, 5.74) is 2.29. The lowest BCUT2D eigenvalue weighted by Gasteiger charge is -2.12. The summed E-state index contributed by atoms with van der Waals surface area (Å²) in [5, 5.41) is 6.02. The molecule has 122 valence electrons. The molecule has 0 saturated heterocycles. The number of rotatable bonds is 6. The Hall–Kier alpha value is -2.70. The second-order valence-electron chi connectivity index (χ2n) is 5.46. The van der Waals surface area contributed by atoms with Crippen molar-refractivity contribution in [3.05, 3.63) is 41.3 Å². The predicted molar refractivity (Wildman–Crippen MR) is 90.9 cm³/mol. The zero-order valence-corrected chi connectivity index (χ0v) is 13.9. The number of amides is 1. The molecule has 0 radical (unpaired) electrons. The average Bonchev–Trinajstić information content (AvgIpc) is 2.51. The Morgan fingerprint density at radius 2 is 2.00 bits per heavy atom. The molecule has 7 heteroatoms. The normalized spacial score (nSPS) is 10.3. The van der Waals surface area contributed by atoms with Crippen LogP contribution in [0, 0.1) is 13.8 Å². The van der Waals surface area contributed by atoms with E-state index in [4.69, 9.17) is 0 Å². The van der Waals surface area contributed by atoms with Crippen LogP contribution in [-0.4, -0.2) is 48.0 Å². The van der Waals surface area contributed by atoms with Crippen LogP contribution in [0.5, 0.6) is 0 Å². The van der Waals surface area contributed by atoms with E-state index in [1.807, 2.05) is 33.2 Å². The minimum absolute atomic E-state index is 0.174. The summed E-state index contributed by atoms with van der Waals surface area (Å²) in [6, 6.07) is 3.90. The first-order valence-corrected chi connectivity index (χ1v) is 7.43. The van der Waals surface area contributed by atoms with Crippen molar-refractivity contribution < 1.29 is 4.79 Å². The number of aryl methyl sites for hydroxylation is 2. The van der Waals surface area contributed by atoms with Gasteiger partial charge in [-0.3, -0.25) is 4.79 Å². The number of pyridine rings is 1. The summed E-state index contributed by atoms with van der Waals surface area (Å²) in [6.07, 6.45) is 3.31. The fourth-order valence-electron chi connectivity index (χ4n) is 1.99. The molecular formula is C16H22N6O. The maximum absolute atomic E-state index is 12.2. The molecule has 0 aromatic carbocycles. The van der Waals surface area contributed by atoms with E-state index in [2.05, 4.69) is 25.6 Å². The number of carbonyl (C=O) groups excluding carboxylic acids is 1. The molecule has 0 saturated carbocycles. The van der Waals surface area contributed by atoms with Gasteiger partial charge in [0.2, 0.25) is 5.95 Å². The number of aromatic nitrogens is 3. The Balaban J connectivity index is 1.85. The Morgan fingerprint density at radius 3 is 2.65 bits per heavy atom. The van der Waals surface area contributed by atoms with Crippen molar-refractivity contribution in [3.8, 4) is 0 Å². The lowest BCUT2D eigenvalue weighted by Crippen LogP contribution is -2.30. The molecule has 2 rings (SSSR count). The Kier molecular flexibility index (Phi) is 5.46. The van der Waals surface area contributed by atoms with Gasteiger partial charge in [0, 0.05) is 39.6 Å². The Morgan fingerprint density at radius 1 is 1.22 bits per heavy atom. The van der Waals surface area contributed by atoms with Crippen LogP contribution in [0.2, 0.25) is 0 Å². The van der Waals surface area contributed by atoms with Crippen molar-refractivity contribution in [3.63, 3.8) is 0 Å². The summed E-state index contributed by atoms with van der Waals surface area (Å²) < 4.78 is 0. The highest BCUT2D eigenvalue weighted by molar-refractivity contribution is 5.95. The van der Waals surface area contributed by atoms with Crippen molar-refractivity contribution in [2.45, 2.75) is 13.8 Å². The van der Waals surface area contributed by atoms with Crippen molar-refractivity contribution in [2.24, 2.45) is 0 Å². The van der Waals surface area contributed by atoms with Crippen molar-refractivity contribution in [1.29, 1.82) is 0 Å². The third-order valence-corrected chi connectivity index (χ3v) is 3.24. The van der Waals surface area contributed by atoms with Gasteiger partial charge in [0.25, 0.3) is 5.91 Å². The molecule has 0 aliphatic heterocycles. The largest absolute Gasteiger partial charge is 0.368 e. The standard InChI is InChI=1S/C16H22N6O/c1-11-5-6-17-14(9-11)18-7-8-19-15(23)13-10-20-16(22(3)4)21-12(13)2/h5-6,9-10H,7-8H2,1-4H3,(H,17,18)(H,19,23). The molecule has 0 unspecified atom stereocenters. The summed E-state index contributed by atoms with van der Waals surface area (Å²) in [6.45, 7) is 4.90. The molecule has 7 nitrogen and oxygen atoms in total. The maximum atomic E-state index is 12.2. The number of anilines is 2. The second-order valence-corrected chi connectivity index (χ2v) is 5.46. The maximum Gasteiger partial charge on any atom is 0.254 e. The van der Waals surface area contributed by atoms with Crippen LogP contribution in [0.1, 0.15) is 21.6 Å². The molecule has 2 heterocycles. The summed E-state index contributed by atoms with van der Waals surface area (Å²) in [7, 11) is 3.72. The quantitative estimate of drug-likeness (QED) is 0.784. The van der Waals surface area contributed by atoms with Crippen LogP contribution in [0.15, 0.2) is 24.5 Å². The highest BCUT2D eigenvalue weighted by Gasteiger charge is 2.11. The zero-order valence-electron chi connectivity index (χ0n) is 13.9. The summed E-state index contributed by atoms with van der Waals surface area (Å²) >= 11 is 0. The van der Waals surface area contributed by atoms with Crippen LogP contribution < -0.4 is 15.5 Å². The number of carbonyl (C=O) groups is 1. The van der Waals surface area contributed by atoms with Gasteiger partial charge in [0.1, 0.15) is 5.82 Å². The van der Waals surface area contributed by atoms with E-state index < -0.39 is 0 Å². The fourth-order valence-corrected chi connectivity index (χ4v) is 1.99. The van der Waals surface area contributed by atoms with Crippen LogP contribution >= 0.6 is 0 Å². The van der Waals surface area contributed by atoms with Gasteiger partial charge in [-0.25, -0.2) is 15.0 Å². The smallest absolute Gasteiger partial charge is 0.254 e. The lowest BCUT2D eigenvalue weighted by molar-refractivity contribution is 0.0953.